The van der Waals surface area contributed by atoms with E-state index in [1.54, 1.807) is 0 Å². The van der Waals surface area contributed by atoms with Gasteiger partial charge in [0.2, 0.25) is 0 Å². The van der Waals surface area contributed by atoms with Crippen LogP contribution in [0.3, 0.4) is 0 Å². The summed E-state index contributed by atoms with van der Waals surface area (Å²) in [5, 5.41) is 1.86. The molecule has 2 nitrogen and oxygen atoms in total. The van der Waals surface area contributed by atoms with E-state index in [2.05, 4.69) is 12.6 Å². The predicted octanol–water partition coefficient (Wildman–Crippen LogP) is 2.40. The molecule has 1 aromatic rings. The maximum atomic E-state index is 11.4. The molecule has 2 rings (SSSR count). The van der Waals surface area contributed by atoms with Crippen LogP contribution in [-0.2, 0) is 6.54 Å². The normalized spacial score (nSPS) is 20.1. The lowest BCUT2D eigenvalue weighted by molar-refractivity contribution is 0.288. The van der Waals surface area contributed by atoms with Crippen LogP contribution >= 0.6 is 24.0 Å². The molecule has 1 aliphatic rings. The van der Waals surface area contributed by atoms with Crippen LogP contribution < -0.4 is 4.87 Å². The van der Waals surface area contributed by atoms with Crippen LogP contribution in [0.1, 0.15) is 25.7 Å². The van der Waals surface area contributed by atoms with Crippen LogP contribution in [0.5, 0.6) is 0 Å². The summed E-state index contributed by atoms with van der Waals surface area (Å²) in [5.41, 5.74) is 0.286. The SMILES string of the molecule is O=c1sccn1CC1(CS)CCCC1. The molecule has 1 saturated carbocycles. The first-order chi connectivity index (χ1) is 6.76. The fourth-order valence-electron chi connectivity index (χ4n) is 2.26. The third-order valence-electron chi connectivity index (χ3n) is 3.15. The molecule has 1 fully saturated rings. The number of thiazole rings is 1. The Morgan fingerprint density at radius 3 is 2.71 bits per heavy atom. The van der Waals surface area contributed by atoms with Gasteiger partial charge >= 0.3 is 4.87 Å². The Kier molecular flexibility index (Phi) is 3.02. The molecule has 1 aliphatic carbocycles. The zero-order valence-electron chi connectivity index (χ0n) is 8.11. The van der Waals surface area contributed by atoms with E-state index in [9.17, 15) is 4.79 Å². The molecule has 1 heterocycles. The zero-order chi connectivity index (χ0) is 10.0. The van der Waals surface area contributed by atoms with Gasteiger partial charge in [0.1, 0.15) is 0 Å². The summed E-state index contributed by atoms with van der Waals surface area (Å²) < 4.78 is 1.84. The molecule has 0 spiro atoms. The van der Waals surface area contributed by atoms with E-state index < -0.39 is 0 Å². The Balaban J connectivity index is 2.16. The minimum Gasteiger partial charge on any atom is -0.305 e. The number of thiol groups is 1. The van der Waals surface area contributed by atoms with Crippen molar-refractivity contribution in [2.75, 3.05) is 5.75 Å². The Hall–Kier alpha value is -0.220. The number of hydrogen-bond donors (Lipinski definition) is 1. The summed E-state index contributed by atoms with van der Waals surface area (Å²) in [5.74, 6) is 0.898. The first kappa shape index (κ1) is 10.3. The lowest BCUT2D eigenvalue weighted by Crippen LogP contribution is -2.29. The quantitative estimate of drug-likeness (QED) is 0.790. The van der Waals surface area contributed by atoms with Gasteiger partial charge in [-0.15, -0.1) is 0 Å². The molecule has 0 aromatic carbocycles. The van der Waals surface area contributed by atoms with E-state index >= 15 is 0 Å². The number of rotatable bonds is 3. The van der Waals surface area contributed by atoms with Crippen LogP contribution in [0.25, 0.3) is 0 Å². The molecule has 0 bridgehead atoms. The van der Waals surface area contributed by atoms with E-state index in [1.165, 1.54) is 37.0 Å². The molecule has 0 aliphatic heterocycles. The number of hydrogen-bond acceptors (Lipinski definition) is 3. The zero-order valence-corrected chi connectivity index (χ0v) is 9.82. The molecular formula is C10H15NOS2. The maximum Gasteiger partial charge on any atom is 0.307 e. The van der Waals surface area contributed by atoms with Gasteiger partial charge in [-0.2, -0.15) is 12.6 Å². The third-order valence-corrected chi connectivity index (χ3v) is 4.51. The van der Waals surface area contributed by atoms with E-state index in [0.29, 0.717) is 0 Å². The van der Waals surface area contributed by atoms with Gasteiger partial charge in [-0.25, -0.2) is 0 Å². The largest absolute Gasteiger partial charge is 0.307 e. The van der Waals surface area contributed by atoms with Crippen molar-refractivity contribution in [1.82, 2.24) is 4.57 Å². The van der Waals surface area contributed by atoms with Crippen molar-refractivity contribution >= 4 is 24.0 Å². The van der Waals surface area contributed by atoms with E-state index in [0.717, 1.165) is 12.3 Å². The van der Waals surface area contributed by atoms with Crippen LogP contribution in [-0.4, -0.2) is 10.3 Å². The highest BCUT2D eigenvalue weighted by atomic mass is 32.1. The highest BCUT2D eigenvalue weighted by Crippen LogP contribution is 2.40. The maximum absolute atomic E-state index is 11.4. The third kappa shape index (κ3) is 1.91. The van der Waals surface area contributed by atoms with Crippen LogP contribution in [0.2, 0.25) is 0 Å². The molecule has 0 radical (unpaired) electrons. The van der Waals surface area contributed by atoms with Crippen molar-refractivity contribution < 1.29 is 0 Å². The Morgan fingerprint density at radius 2 is 2.21 bits per heavy atom. The van der Waals surface area contributed by atoms with Gasteiger partial charge in [0, 0.05) is 18.1 Å². The second-order valence-electron chi connectivity index (χ2n) is 4.16. The Labute approximate surface area is 93.4 Å². The molecule has 4 heteroatoms. The number of nitrogens with zero attached hydrogens (tertiary/aromatic N) is 1. The smallest absolute Gasteiger partial charge is 0.305 e. The Bertz CT molecular complexity index is 349. The highest BCUT2D eigenvalue weighted by Gasteiger charge is 2.33. The first-order valence-electron chi connectivity index (χ1n) is 5.01. The molecule has 78 valence electrons. The minimum atomic E-state index is 0.165. The van der Waals surface area contributed by atoms with Gasteiger partial charge in [-0.05, 0) is 24.0 Å². The summed E-state index contributed by atoms with van der Waals surface area (Å²) in [7, 11) is 0. The molecular weight excluding hydrogens is 214 g/mol. The van der Waals surface area contributed by atoms with Gasteiger partial charge in [0.25, 0.3) is 0 Å². The second-order valence-corrected chi connectivity index (χ2v) is 5.34. The predicted molar refractivity (Wildman–Crippen MR) is 63.3 cm³/mol. The lowest BCUT2D eigenvalue weighted by Gasteiger charge is -2.26. The van der Waals surface area contributed by atoms with Crippen molar-refractivity contribution in [2.24, 2.45) is 5.41 Å². The number of aromatic nitrogens is 1. The molecule has 1 aromatic heterocycles. The van der Waals surface area contributed by atoms with E-state index in [1.807, 2.05) is 16.1 Å². The Morgan fingerprint density at radius 1 is 1.50 bits per heavy atom. The monoisotopic (exact) mass is 229 g/mol. The molecule has 0 N–H and O–H groups in total. The van der Waals surface area contributed by atoms with Crippen molar-refractivity contribution in [3.8, 4) is 0 Å². The highest BCUT2D eigenvalue weighted by molar-refractivity contribution is 7.80. The summed E-state index contributed by atoms with van der Waals surface area (Å²) >= 11 is 5.71. The van der Waals surface area contributed by atoms with E-state index in [-0.39, 0.29) is 10.3 Å². The molecule has 0 amide bonds. The summed E-state index contributed by atoms with van der Waals surface area (Å²) in [6.07, 6.45) is 6.92. The van der Waals surface area contributed by atoms with Crippen molar-refractivity contribution in [1.29, 1.82) is 0 Å². The fourth-order valence-corrected chi connectivity index (χ4v) is 3.26. The van der Waals surface area contributed by atoms with Gasteiger partial charge in [-0.3, -0.25) is 4.79 Å². The molecule has 14 heavy (non-hydrogen) atoms. The van der Waals surface area contributed by atoms with Crippen LogP contribution in [0.15, 0.2) is 16.4 Å². The van der Waals surface area contributed by atoms with Gasteiger partial charge in [0.05, 0.1) is 0 Å². The second kappa shape index (κ2) is 4.11. The first-order valence-corrected chi connectivity index (χ1v) is 6.52. The average molecular weight is 229 g/mol. The van der Waals surface area contributed by atoms with Crippen LogP contribution in [0, 0.1) is 5.41 Å². The molecule has 0 atom stereocenters. The van der Waals surface area contributed by atoms with Crippen molar-refractivity contribution in [3.63, 3.8) is 0 Å². The summed E-state index contributed by atoms with van der Waals surface area (Å²) in [6.45, 7) is 0.860. The fraction of sp³-hybridized carbons (Fsp3) is 0.700. The lowest BCUT2D eigenvalue weighted by atomic mass is 9.88. The topological polar surface area (TPSA) is 22.0 Å². The summed E-state index contributed by atoms with van der Waals surface area (Å²) in [4.78, 5) is 11.6. The van der Waals surface area contributed by atoms with Gasteiger partial charge < -0.3 is 4.57 Å². The van der Waals surface area contributed by atoms with Crippen molar-refractivity contribution in [3.05, 3.63) is 21.2 Å². The molecule has 0 unspecified atom stereocenters. The standard InChI is InChI=1S/C10H15NOS2/c12-9-11(5-6-14-9)7-10(8-13)3-1-2-4-10/h5-6,13H,1-4,7-8H2. The van der Waals surface area contributed by atoms with E-state index in [4.69, 9.17) is 0 Å². The summed E-state index contributed by atoms with van der Waals surface area (Å²) in [6, 6.07) is 0. The average Bonchev–Trinajstić information content (AvgIpc) is 2.79. The van der Waals surface area contributed by atoms with Gasteiger partial charge in [0.15, 0.2) is 0 Å². The van der Waals surface area contributed by atoms with Gasteiger partial charge in [-0.1, -0.05) is 24.2 Å². The minimum absolute atomic E-state index is 0.165. The molecule has 0 saturated heterocycles. The van der Waals surface area contributed by atoms with Crippen molar-refractivity contribution in [2.45, 2.75) is 32.2 Å². The van der Waals surface area contributed by atoms with Crippen LogP contribution in [0.4, 0.5) is 0 Å².